The number of aromatic nitrogens is 1. The monoisotopic (exact) mass is 181 g/mol. The van der Waals surface area contributed by atoms with Gasteiger partial charge in [0.2, 0.25) is 0 Å². The van der Waals surface area contributed by atoms with Gasteiger partial charge in [0.1, 0.15) is 0 Å². The van der Waals surface area contributed by atoms with E-state index in [0.29, 0.717) is 0 Å². The fourth-order valence-corrected chi connectivity index (χ4v) is 1.26. The number of unbranched alkanes of at least 4 members (excludes halogenated alkanes) is 1. The van der Waals surface area contributed by atoms with Crippen LogP contribution >= 0.6 is 12.6 Å². The molecular formula is C10H15NS. The fourth-order valence-electron chi connectivity index (χ4n) is 1.08. The molecule has 0 radical (unpaired) electrons. The van der Waals surface area contributed by atoms with Crippen molar-refractivity contribution in [2.75, 3.05) is 0 Å². The highest BCUT2D eigenvalue weighted by Gasteiger charge is 1.93. The lowest BCUT2D eigenvalue weighted by atomic mass is 10.1. The zero-order chi connectivity index (χ0) is 8.81. The summed E-state index contributed by atoms with van der Waals surface area (Å²) in [5.74, 6) is 0.730. The molecule has 2 heteroatoms. The van der Waals surface area contributed by atoms with Gasteiger partial charge in [-0.2, -0.15) is 12.6 Å². The van der Waals surface area contributed by atoms with Gasteiger partial charge < -0.3 is 0 Å². The molecule has 1 aromatic rings. The molecule has 0 saturated heterocycles. The van der Waals surface area contributed by atoms with Gasteiger partial charge in [-0.15, -0.1) is 0 Å². The number of thiol groups is 1. The zero-order valence-electron chi connectivity index (χ0n) is 7.45. The Kier molecular flexibility index (Phi) is 4.15. The molecular weight excluding hydrogens is 166 g/mol. The number of hydrogen-bond acceptors (Lipinski definition) is 2. The van der Waals surface area contributed by atoms with Crippen molar-refractivity contribution in [1.82, 2.24) is 4.98 Å². The Labute approximate surface area is 79.6 Å². The molecule has 0 fully saturated rings. The molecule has 0 aliphatic carbocycles. The normalized spacial score (nSPS) is 10.2. The van der Waals surface area contributed by atoms with E-state index in [-0.39, 0.29) is 0 Å². The van der Waals surface area contributed by atoms with Gasteiger partial charge in [0.05, 0.1) is 0 Å². The van der Waals surface area contributed by atoms with Crippen LogP contribution in [-0.4, -0.2) is 4.98 Å². The lowest BCUT2D eigenvalue weighted by Crippen LogP contribution is -1.89. The summed E-state index contributed by atoms with van der Waals surface area (Å²) < 4.78 is 0. The third kappa shape index (κ3) is 2.86. The topological polar surface area (TPSA) is 12.9 Å². The first kappa shape index (κ1) is 9.59. The van der Waals surface area contributed by atoms with Crippen LogP contribution in [0.4, 0.5) is 0 Å². The molecule has 0 aliphatic rings. The van der Waals surface area contributed by atoms with Gasteiger partial charge in [-0.05, 0) is 24.5 Å². The van der Waals surface area contributed by atoms with Crippen molar-refractivity contribution < 1.29 is 0 Å². The Bertz CT molecular complexity index is 218. The van der Waals surface area contributed by atoms with Crippen LogP contribution in [0.5, 0.6) is 0 Å². The summed E-state index contributed by atoms with van der Waals surface area (Å²) in [4.78, 5) is 4.27. The Balaban J connectivity index is 2.53. The first-order valence-electron chi connectivity index (χ1n) is 4.41. The Hall–Kier alpha value is -0.500. The van der Waals surface area contributed by atoms with E-state index in [4.69, 9.17) is 0 Å². The van der Waals surface area contributed by atoms with E-state index in [0.717, 1.165) is 17.9 Å². The van der Waals surface area contributed by atoms with Gasteiger partial charge >= 0.3 is 0 Å². The highest BCUT2D eigenvalue weighted by Crippen LogP contribution is 2.05. The summed E-state index contributed by atoms with van der Waals surface area (Å²) >= 11 is 4.15. The maximum atomic E-state index is 4.27. The standard InChI is InChI=1S/C10H15NS/c1-2-3-4-9-5-6-10(8-12)11-7-9/h5-7,12H,2-4,8H2,1H3. The van der Waals surface area contributed by atoms with Crippen molar-refractivity contribution >= 4 is 12.6 Å². The molecule has 1 nitrogen and oxygen atoms in total. The van der Waals surface area contributed by atoms with Crippen molar-refractivity contribution in [2.45, 2.75) is 31.9 Å². The lowest BCUT2D eigenvalue weighted by Gasteiger charge is -1.99. The van der Waals surface area contributed by atoms with Crippen LogP contribution in [0.3, 0.4) is 0 Å². The van der Waals surface area contributed by atoms with Crippen LogP contribution in [0.1, 0.15) is 31.0 Å². The van der Waals surface area contributed by atoms with E-state index < -0.39 is 0 Å². The molecule has 0 unspecified atom stereocenters. The van der Waals surface area contributed by atoms with Crippen molar-refractivity contribution in [2.24, 2.45) is 0 Å². The number of hydrogen-bond donors (Lipinski definition) is 1. The SMILES string of the molecule is CCCCc1ccc(CS)nc1. The highest BCUT2D eigenvalue weighted by atomic mass is 32.1. The minimum Gasteiger partial charge on any atom is -0.260 e. The van der Waals surface area contributed by atoms with Gasteiger partial charge in [-0.3, -0.25) is 4.98 Å². The Morgan fingerprint density at radius 2 is 2.25 bits per heavy atom. The van der Waals surface area contributed by atoms with Crippen LogP contribution in [0.15, 0.2) is 18.3 Å². The summed E-state index contributed by atoms with van der Waals surface area (Å²) in [7, 11) is 0. The smallest absolute Gasteiger partial charge is 0.0500 e. The molecule has 0 saturated carbocycles. The summed E-state index contributed by atoms with van der Waals surface area (Å²) in [6.07, 6.45) is 5.60. The van der Waals surface area contributed by atoms with Crippen molar-refractivity contribution in [3.63, 3.8) is 0 Å². The van der Waals surface area contributed by atoms with Gasteiger partial charge in [0.15, 0.2) is 0 Å². The second-order valence-electron chi connectivity index (χ2n) is 2.92. The number of nitrogens with zero attached hydrogens (tertiary/aromatic N) is 1. The predicted octanol–water partition coefficient (Wildman–Crippen LogP) is 2.85. The van der Waals surface area contributed by atoms with Crippen LogP contribution in [0.25, 0.3) is 0 Å². The van der Waals surface area contributed by atoms with Gasteiger partial charge in [-0.1, -0.05) is 19.4 Å². The van der Waals surface area contributed by atoms with Crippen LogP contribution in [0.2, 0.25) is 0 Å². The van der Waals surface area contributed by atoms with Crippen molar-refractivity contribution in [1.29, 1.82) is 0 Å². The number of aryl methyl sites for hydroxylation is 1. The molecule has 0 atom stereocenters. The molecule has 0 N–H and O–H groups in total. The average molecular weight is 181 g/mol. The van der Waals surface area contributed by atoms with E-state index in [2.05, 4.69) is 36.7 Å². The minimum atomic E-state index is 0.730. The summed E-state index contributed by atoms with van der Waals surface area (Å²) in [5.41, 5.74) is 2.39. The van der Waals surface area contributed by atoms with Gasteiger partial charge in [0.25, 0.3) is 0 Å². The molecule has 0 amide bonds. The van der Waals surface area contributed by atoms with Crippen molar-refractivity contribution in [3.8, 4) is 0 Å². The molecule has 0 spiro atoms. The van der Waals surface area contributed by atoms with E-state index in [1.54, 1.807) is 0 Å². The summed E-state index contributed by atoms with van der Waals surface area (Å²) in [6, 6.07) is 4.20. The third-order valence-corrected chi connectivity index (χ3v) is 2.19. The summed E-state index contributed by atoms with van der Waals surface area (Å²) in [6.45, 7) is 2.20. The molecule has 1 rings (SSSR count). The van der Waals surface area contributed by atoms with Crippen LogP contribution in [-0.2, 0) is 12.2 Å². The molecule has 66 valence electrons. The maximum absolute atomic E-state index is 4.27. The Morgan fingerprint density at radius 1 is 1.42 bits per heavy atom. The first-order chi connectivity index (χ1) is 5.86. The van der Waals surface area contributed by atoms with E-state index in [1.807, 2.05) is 6.20 Å². The predicted molar refractivity (Wildman–Crippen MR) is 55.5 cm³/mol. The van der Waals surface area contributed by atoms with Crippen molar-refractivity contribution in [3.05, 3.63) is 29.6 Å². The molecule has 0 aliphatic heterocycles. The van der Waals surface area contributed by atoms with Crippen LogP contribution in [0, 0.1) is 0 Å². The van der Waals surface area contributed by atoms with E-state index >= 15 is 0 Å². The third-order valence-electron chi connectivity index (χ3n) is 1.87. The average Bonchev–Trinajstić information content (AvgIpc) is 2.15. The molecule has 0 bridgehead atoms. The number of rotatable bonds is 4. The van der Waals surface area contributed by atoms with Crippen LogP contribution < -0.4 is 0 Å². The lowest BCUT2D eigenvalue weighted by molar-refractivity contribution is 0.791. The molecule has 12 heavy (non-hydrogen) atoms. The van der Waals surface area contributed by atoms with E-state index in [9.17, 15) is 0 Å². The number of pyridine rings is 1. The molecule has 0 aromatic carbocycles. The highest BCUT2D eigenvalue weighted by molar-refractivity contribution is 7.79. The van der Waals surface area contributed by atoms with Gasteiger partial charge in [-0.25, -0.2) is 0 Å². The molecule has 1 heterocycles. The Morgan fingerprint density at radius 3 is 2.75 bits per heavy atom. The quantitative estimate of drug-likeness (QED) is 0.705. The second-order valence-corrected chi connectivity index (χ2v) is 3.24. The largest absolute Gasteiger partial charge is 0.260 e. The molecule has 1 aromatic heterocycles. The fraction of sp³-hybridized carbons (Fsp3) is 0.500. The van der Waals surface area contributed by atoms with E-state index in [1.165, 1.54) is 18.4 Å². The minimum absolute atomic E-state index is 0.730. The first-order valence-corrected chi connectivity index (χ1v) is 5.04. The maximum Gasteiger partial charge on any atom is 0.0500 e. The zero-order valence-corrected chi connectivity index (χ0v) is 8.35. The summed E-state index contributed by atoms with van der Waals surface area (Å²) in [5, 5.41) is 0. The second kappa shape index (κ2) is 5.20. The van der Waals surface area contributed by atoms with Gasteiger partial charge in [0, 0.05) is 17.6 Å².